The summed E-state index contributed by atoms with van der Waals surface area (Å²) < 4.78 is 1.62. The van der Waals surface area contributed by atoms with Gasteiger partial charge in [0.25, 0.3) is 5.91 Å². The van der Waals surface area contributed by atoms with Gasteiger partial charge in [0.2, 0.25) is 0 Å². The highest BCUT2D eigenvalue weighted by Crippen LogP contribution is 2.23. The molecule has 0 unspecified atom stereocenters. The lowest BCUT2D eigenvalue weighted by Gasteiger charge is -2.38. The van der Waals surface area contributed by atoms with Crippen molar-refractivity contribution in [3.8, 4) is 0 Å². The Labute approximate surface area is 159 Å². The number of nitrogens with one attached hydrogen (secondary N) is 1. The lowest BCUT2D eigenvalue weighted by molar-refractivity contribution is 0.0905. The van der Waals surface area contributed by atoms with E-state index in [4.69, 9.17) is 0 Å². The van der Waals surface area contributed by atoms with E-state index in [9.17, 15) is 4.79 Å². The van der Waals surface area contributed by atoms with E-state index in [-0.39, 0.29) is 11.9 Å². The van der Waals surface area contributed by atoms with Crippen LogP contribution >= 0.6 is 0 Å². The van der Waals surface area contributed by atoms with Crippen LogP contribution in [0.25, 0.3) is 5.65 Å². The lowest BCUT2D eigenvalue weighted by Crippen LogP contribution is -2.48. The Morgan fingerprint density at radius 3 is 2.85 bits per heavy atom. The number of carbonyl (C=O) groups excluding carboxylic acids is 1. The fourth-order valence-corrected chi connectivity index (χ4v) is 3.87. The molecule has 0 spiro atoms. The molecule has 1 aromatic carbocycles. The van der Waals surface area contributed by atoms with Gasteiger partial charge in [0.05, 0.1) is 6.20 Å². The molecule has 6 heteroatoms. The van der Waals surface area contributed by atoms with Crippen LogP contribution in [0.5, 0.6) is 0 Å². The predicted octanol–water partition coefficient (Wildman–Crippen LogP) is 2.54. The number of hydrogen-bond donors (Lipinski definition) is 1. The topological polar surface area (TPSA) is 62.5 Å². The van der Waals surface area contributed by atoms with Crippen LogP contribution in [0.4, 0.5) is 0 Å². The largest absolute Gasteiger partial charge is 0.350 e. The second-order valence-corrected chi connectivity index (χ2v) is 7.46. The Morgan fingerprint density at radius 2 is 2.04 bits per heavy atom. The quantitative estimate of drug-likeness (QED) is 0.757. The maximum atomic E-state index is 12.7. The smallest absolute Gasteiger partial charge is 0.256 e. The molecule has 4 rings (SSSR count). The predicted molar refractivity (Wildman–Crippen MR) is 105 cm³/mol. The molecule has 2 aromatic heterocycles. The molecule has 0 saturated carbocycles. The van der Waals surface area contributed by atoms with E-state index in [0.29, 0.717) is 23.7 Å². The van der Waals surface area contributed by atoms with E-state index in [0.717, 1.165) is 19.5 Å². The van der Waals surface area contributed by atoms with Crippen molar-refractivity contribution in [1.82, 2.24) is 24.8 Å². The molecule has 1 amide bonds. The third-order valence-electron chi connectivity index (χ3n) is 5.39. The van der Waals surface area contributed by atoms with Crippen LogP contribution in [-0.2, 0) is 13.0 Å². The van der Waals surface area contributed by atoms with E-state index in [2.05, 4.69) is 58.4 Å². The number of benzene rings is 1. The van der Waals surface area contributed by atoms with Gasteiger partial charge in [0.15, 0.2) is 5.65 Å². The number of rotatable bonds is 5. The zero-order chi connectivity index (χ0) is 18.8. The van der Waals surface area contributed by atoms with Gasteiger partial charge < -0.3 is 5.32 Å². The number of hydrogen-bond acceptors (Lipinski definition) is 4. The van der Waals surface area contributed by atoms with E-state index in [1.807, 2.05) is 0 Å². The number of carbonyl (C=O) groups is 1. The van der Waals surface area contributed by atoms with Crippen LogP contribution in [-0.4, -0.2) is 44.5 Å². The summed E-state index contributed by atoms with van der Waals surface area (Å²) in [5.74, 6) is 0.323. The molecular formula is C21H25N5O. The van der Waals surface area contributed by atoms with Crippen molar-refractivity contribution < 1.29 is 4.79 Å². The number of fused-ring (bicyclic) bond motifs is 2. The van der Waals surface area contributed by atoms with Crippen molar-refractivity contribution in [3.63, 3.8) is 0 Å². The second-order valence-electron chi connectivity index (χ2n) is 7.46. The first-order valence-corrected chi connectivity index (χ1v) is 9.51. The van der Waals surface area contributed by atoms with Gasteiger partial charge in [-0.15, -0.1) is 0 Å². The van der Waals surface area contributed by atoms with E-state index >= 15 is 0 Å². The minimum atomic E-state index is -0.119. The van der Waals surface area contributed by atoms with Crippen LogP contribution in [0.1, 0.15) is 35.3 Å². The average molecular weight is 363 g/mol. The summed E-state index contributed by atoms with van der Waals surface area (Å²) in [5.41, 5.74) is 3.94. The summed E-state index contributed by atoms with van der Waals surface area (Å²) in [6.45, 7) is 7.01. The Hall–Kier alpha value is -2.73. The SMILES string of the molecule is CC(C)[C@H](CNC(=O)c1cnn2cccnc12)N1CCc2ccccc2C1. The van der Waals surface area contributed by atoms with Gasteiger partial charge >= 0.3 is 0 Å². The van der Waals surface area contributed by atoms with Crippen LogP contribution in [0, 0.1) is 5.92 Å². The summed E-state index contributed by atoms with van der Waals surface area (Å²) in [4.78, 5) is 19.5. The molecule has 140 valence electrons. The molecule has 3 heterocycles. The van der Waals surface area contributed by atoms with Crippen LogP contribution in [0.15, 0.2) is 48.9 Å². The molecule has 1 aliphatic rings. The first kappa shape index (κ1) is 17.7. The zero-order valence-corrected chi connectivity index (χ0v) is 15.8. The molecule has 1 aliphatic heterocycles. The van der Waals surface area contributed by atoms with Gasteiger partial charge in [0.1, 0.15) is 5.56 Å². The summed E-state index contributed by atoms with van der Waals surface area (Å²) in [6.07, 6.45) is 6.11. The van der Waals surface area contributed by atoms with E-state index in [1.54, 1.807) is 29.2 Å². The molecule has 0 bridgehead atoms. The summed E-state index contributed by atoms with van der Waals surface area (Å²) in [5, 5.41) is 7.31. The highest BCUT2D eigenvalue weighted by Gasteiger charge is 2.26. The van der Waals surface area contributed by atoms with Crippen molar-refractivity contribution in [2.45, 2.75) is 32.9 Å². The standard InChI is InChI=1S/C21H25N5O/c1-15(2)19(25-11-8-16-6-3-4-7-17(16)14-25)13-23-21(27)18-12-24-26-10-5-9-22-20(18)26/h3-7,9-10,12,15,19H,8,11,13-14H2,1-2H3,(H,23,27)/t19-/m0/s1. The lowest BCUT2D eigenvalue weighted by atomic mass is 9.95. The van der Waals surface area contributed by atoms with Crippen molar-refractivity contribution in [2.75, 3.05) is 13.1 Å². The molecule has 0 radical (unpaired) electrons. The first-order valence-electron chi connectivity index (χ1n) is 9.51. The molecule has 1 atom stereocenters. The minimum Gasteiger partial charge on any atom is -0.350 e. The third-order valence-corrected chi connectivity index (χ3v) is 5.39. The maximum absolute atomic E-state index is 12.7. The Balaban J connectivity index is 1.46. The Bertz CT molecular complexity index is 948. The Kier molecular flexibility index (Phi) is 4.90. The van der Waals surface area contributed by atoms with Gasteiger partial charge in [-0.1, -0.05) is 38.1 Å². The van der Waals surface area contributed by atoms with Crippen molar-refractivity contribution in [1.29, 1.82) is 0 Å². The second kappa shape index (κ2) is 7.48. The van der Waals surface area contributed by atoms with Gasteiger partial charge in [-0.25, -0.2) is 9.50 Å². The highest BCUT2D eigenvalue weighted by atomic mass is 16.1. The van der Waals surface area contributed by atoms with Gasteiger partial charge in [0, 0.05) is 38.1 Å². The third kappa shape index (κ3) is 3.57. The molecule has 3 aromatic rings. The normalized spacial score (nSPS) is 15.7. The Morgan fingerprint density at radius 1 is 1.22 bits per heavy atom. The summed E-state index contributed by atoms with van der Waals surface area (Å²) in [6, 6.07) is 10.7. The first-order chi connectivity index (χ1) is 13.1. The summed E-state index contributed by atoms with van der Waals surface area (Å²) in [7, 11) is 0. The molecule has 0 fully saturated rings. The molecule has 1 N–H and O–H groups in total. The van der Waals surface area contributed by atoms with Gasteiger partial charge in [-0.2, -0.15) is 5.10 Å². The molecule has 0 saturated heterocycles. The zero-order valence-electron chi connectivity index (χ0n) is 15.8. The van der Waals surface area contributed by atoms with Gasteiger partial charge in [-0.3, -0.25) is 9.69 Å². The van der Waals surface area contributed by atoms with Crippen LogP contribution in [0.3, 0.4) is 0 Å². The van der Waals surface area contributed by atoms with E-state index < -0.39 is 0 Å². The van der Waals surface area contributed by atoms with Crippen molar-refractivity contribution in [3.05, 3.63) is 65.6 Å². The average Bonchev–Trinajstić information content (AvgIpc) is 3.12. The number of amides is 1. The highest BCUT2D eigenvalue weighted by molar-refractivity contribution is 5.99. The minimum absolute atomic E-state index is 0.119. The fourth-order valence-electron chi connectivity index (χ4n) is 3.87. The van der Waals surface area contributed by atoms with Crippen molar-refractivity contribution >= 4 is 11.6 Å². The van der Waals surface area contributed by atoms with Gasteiger partial charge in [-0.05, 0) is 29.5 Å². The van der Waals surface area contributed by atoms with E-state index in [1.165, 1.54) is 11.1 Å². The van der Waals surface area contributed by atoms with Crippen LogP contribution < -0.4 is 5.32 Å². The maximum Gasteiger partial charge on any atom is 0.256 e. The molecule has 6 nitrogen and oxygen atoms in total. The molecular weight excluding hydrogens is 338 g/mol. The summed E-state index contributed by atoms with van der Waals surface area (Å²) >= 11 is 0. The monoisotopic (exact) mass is 363 g/mol. The van der Waals surface area contributed by atoms with Crippen molar-refractivity contribution in [2.24, 2.45) is 5.92 Å². The van der Waals surface area contributed by atoms with Crippen LogP contribution in [0.2, 0.25) is 0 Å². The number of aromatic nitrogens is 3. The fraction of sp³-hybridized carbons (Fsp3) is 0.381. The molecule has 27 heavy (non-hydrogen) atoms. The number of nitrogens with zero attached hydrogens (tertiary/aromatic N) is 4. The molecule has 0 aliphatic carbocycles.